The molecular weight excluding hydrogens is 558 g/mol. The molecule has 1 aromatic heterocycles. The lowest BCUT2D eigenvalue weighted by Crippen LogP contribution is -2.55. The van der Waals surface area contributed by atoms with Gasteiger partial charge in [0.1, 0.15) is 30.2 Å². The summed E-state index contributed by atoms with van der Waals surface area (Å²) in [6, 6.07) is 18.5. The number of nitrogens with one attached hydrogen (secondary N) is 1. The molecule has 6 atom stereocenters. The number of aromatic nitrogens is 2. The molecule has 1 amide bonds. The second-order valence-electron chi connectivity index (χ2n) is 11.5. The van der Waals surface area contributed by atoms with Gasteiger partial charge in [-0.3, -0.25) is 9.36 Å². The highest BCUT2D eigenvalue weighted by Crippen LogP contribution is 2.44. The fourth-order valence-corrected chi connectivity index (χ4v) is 5.52. The monoisotopic (exact) mass is 591 g/mol. The molecule has 2 aromatic carbocycles. The van der Waals surface area contributed by atoms with E-state index in [1.165, 1.54) is 16.8 Å². The third-order valence-corrected chi connectivity index (χ3v) is 7.42. The number of amides is 1. The van der Waals surface area contributed by atoms with Gasteiger partial charge in [0.15, 0.2) is 23.9 Å². The number of esters is 1. The molecule has 3 aliphatic rings. The zero-order valence-corrected chi connectivity index (χ0v) is 24.2. The summed E-state index contributed by atoms with van der Waals surface area (Å²) in [5.74, 6) is -3.02. The molecule has 12 nitrogen and oxygen atoms in total. The average molecular weight is 592 g/mol. The van der Waals surface area contributed by atoms with Crippen molar-refractivity contribution < 1.29 is 38.0 Å². The van der Waals surface area contributed by atoms with Crippen molar-refractivity contribution in [3.8, 4) is 0 Å². The topological polar surface area (TPSA) is 136 Å². The van der Waals surface area contributed by atoms with Crippen molar-refractivity contribution in [2.75, 3.05) is 11.9 Å². The molecule has 43 heavy (non-hydrogen) atoms. The zero-order valence-electron chi connectivity index (χ0n) is 24.2. The van der Waals surface area contributed by atoms with E-state index in [2.05, 4.69) is 10.3 Å². The highest BCUT2D eigenvalue weighted by Gasteiger charge is 2.60. The third-order valence-electron chi connectivity index (χ3n) is 7.42. The molecule has 4 heterocycles. The van der Waals surface area contributed by atoms with E-state index < -0.39 is 65.9 Å². The summed E-state index contributed by atoms with van der Waals surface area (Å²) in [4.78, 5) is 43.6. The number of hydrogen-bond acceptors (Lipinski definition) is 10. The van der Waals surface area contributed by atoms with Crippen LogP contribution in [0.5, 0.6) is 0 Å². The van der Waals surface area contributed by atoms with Crippen molar-refractivity contribution >= 4 is 17.7 Å². The van der Waals surface area contributed by atoms with Gasteiger partial charge in [0, 0.05) is 11.8 Å². The van der Waals surface area contributed by atoms with Gasteiger partial charge in [-0.2, -0.15) is 4.98 Å². The molecule has 1 N–H and O–H groups in total. The van der Waals surface area contributed by atoms with Gasteiger partial charge in [-0.05, 0) is 58.0 Å². The van der Waals surface area contributed by atoms with Crippen LogP contribution in [0, 0.1) is 0 Å². The van der Waals surface area contributed by atoms with Gasteiger partial charge in [-0.25, -0.2) is 9.59 Å². The van der Waals surface area contributed by atoms with Crippen LogP contribution in [0.25, 0.3) is 0 Å². The number of carbonyl (C=O) groups excluding carboxylic acids is 2. The maximum absolute atomic E-state index is 13.5. The summed E-state index contributed by atoms with van der Waals surface area (Å²) in [5.41, 5.74) is -0.0302. The number of hydrogen-bond donors (Lipinski definition) is 1. The standard InChI is InChI=1S/C31H33N3O9/c1-30(2)38-17-20-22(41-30)23-24(43-31(3,4)42-23)25(40-28(36)19-13-9-6-10-14-19)27(39-20)34-16-15-21(33-29(34)37)32-26(35)18-11-7-5-8-12-18/h5-16,20,22-25,27H,17H2,1-4H3,(H,32,33,35,37)/t20?,22-,23?,24+,25?,27?/m0/s1. The molecule has 226 valence electrons. The smallest absolute Gasteiger partial charge is 0.351 e. The van der Waals surface area contributed by atoms with Gasteiger partial charge in [-0.15, -0.1) is 0 Å². The summed E-state index contributed by atoms with van der Waals surface area (Å²) < 4.78 is 38.6. The van der Waals surface area contributed by atoms with E-state index in [-0.39, 0.29) is 12.4 Å². The molecule has 12 heteroatoms. The molecular formula is C31H33N3O9. The van der Waals surface area contributed by atoms with E-state index in [4.69, 9.17) is 28.4 Å². The quantitative estimate of drug-likeness (QED) is 0.440. The Morgan fingerprint density at radius 1 is 0.860 bits per heavy atom. The van der Waals surface area contributed by atoms with Crippen LogP contribution in [0.2, 0.25) is 0 Å². The summed E-state index contributed by atoms with van der Waals surface area (Å²) in [6.45, 7) is 7.19. The number of rotatable bonds is 5. The van der Waals surface area contributed by atoms with Crippen LogP contribution in [0.15, 0.2) is 77.7 Å². The fraction of sp³-hybridized carbons (Fsp3) is 0.419. The normalized spacial score (nSPS) is 29.0. The minimum absolute atomic E-state index is 0.0463. The van der Waals surface area contributed by atoms with E-state index >= 15 is 0 Å². The number of ether oxygens (including phenoxy) is 6. The molecule has 3 aliphatic heterocycles. The van der Waals surface area contributed by atoms with Crippen LogP contribution in [-0.4, -0.2) is 70.1 Å². The molecule has 6 rings (SSSR count). The SMILES string of the molecule is CC1(C)OCC2OC(n3ccc(NC(=O)c4ccccc4)nc3=O)C(OC(=O)c3ccccc3)[C@@H]3OC(C)(C)OC3[C@H]2O1. The van der Waals surface area contributed by atoms with Crippen LogP contribution in [0.4, 0.5) is 5.82 Å². The molecule has 0 saturated carbocycles. The number of carbonyl (C=O) groups is 2. The molecule has 0 aliphatic carbocycles. The Morgan fingerprint density at radius 3 is 2.16 bits per heavy atom. The first-order valence-electron chi connectivity index (χ1n) is 14.0. The lowest BCUT2D eigenvalue weighted by molar-refractivity contribution is -0.332. The summed E-state index contributed by atoms with van der Waals surface area (Å²) in [6.07, 6.45) is -3.95. The van der Waals surface area contributed by atoms with Crippen molar-refractivity contribution in [3.63, 3.8) is 0 Å². The average Bonchev–Trinajstić information content (AvgIpc) is 3.26. The van der Waals surface area contributed by atoms with E-state index in [9.17, 15) is 14.4 Å². The van der Waals surface area contributed by atoms with Crippen molar-refractivity contribution in [1.29, 1.82) is 0 Å². The Bertz CT molecular complexity index is 1540. The predicted octanol–water partition coefficient (Wildman–Crippen LogP) is 3.29. The first kappa shape index (κ1) is 29.1. The minimum Gasteiger partial charge on any atom is -0.451 e. The van der Waals surface area contributed by atoms with Gasteiger partial charge in [0.05, 0.1) is 12.2 Å². The third kappa shape index (κ3) is 6.10. The van der Waals surface area contributed by atoms with Gasteiger partial charge >= 0.3 is 11.7 Å². The first-order chi connectivity index (χ1) is 20.5. The molecule has 0 bridgehead atoms. The van der Waals surface area contributed by atoms with E-state index in [1.54, 1.807) is 88.4 Å². The molecule has 3 saturated heterocycles. The summed E-state index contributed by atoms with van der Waals surface area (Å²) in [7, 11) is 0. The molecule has 0 radical (unpaired) electrons. The van der Waals surface area contributed by atoms with E-state index in [0.29, 0.717) is 11.1 Å². The highest BCUT2D eigenvalue weighted by atomic mass is 16.8. The zero-order chi connectivity index (χ0) is 30.4. The second-order valence-corrected chi connectivity index (χ2v) is 11.5. The van der Waals surface area contributed by atoms with Crippen LogP contribution in [0.1, 0.15) is 54.6 Å². The lowest BCUT2D eigenvalue weighted by Gasteiger charge is -2.42. The van der Waals surface area contributed by atoms with Crippen molar-refractivity contribution in [3.05, 3.63) is 94.5 Å². The number of nitrogens with zero attached hydrogens (tertiary/aromatic N) is 2. The first-order valence-corrected chi connectivity index (χ1v) is 14.0. The second kappa shape index (κ2) is 11.3. The highest BCUT2D eigenvalue weighted by molar-refractivity contribution is 6.03. The molecule has 3 fully saturated rings. The van der Waals surface area contributed by atoms with Gasteiger partial charge in [-0.1, -0.05) is 36.4 Å². The summed E-state index contributed by atoms with van der Waals surface area (Å²) in [5, 5.41) is 2.63. The Labute approximate surface area is 247 Å². The van der Waals surface area contributed by atoms with Crippen LogP contribution >= 0.6 is 0 Å². The Hall–Kier alpha value is -3.94. The van der Waals surface area contributed by atoms with Gasteiger partial charge in [0.2, 0.25) is 0 Å². The van der Waals surface area contributed by atoms with Crippen LogP contribution < -0.4 is 11.0 Å². The van der Waals surface area contributed by atoms with Crippen LogP contribution in [0.3, 0.4) is 0 Å². The maximum Gasteiger partial charge on any atom is 0.351 e. The Kier molecular flexibility index (Phi) is 7.65. The number of fused-ring (bicyclic) bond motifs is 3. The van der Waals surface area contributed by atoms with Crippen molar-refractivity contribution in [2.24, 2.45) is 0 Å². The molecule has 3 aromatic rings. The minimum atomic E-state index is -1.21. The lowest BCUT2D eigenvalue weighted by atomic mass is 9.99. The summed E-state index contributed by atoms with van der Waals surface area (Å²) >= 11 is 0. The van der Waals surface area contributed by atoms with Crippen molar-refractivity contribution in [1.82, 2.24) is 9.55 Å². The Morgan fingerprint density at radius 2 is 1.49 bits per heavy atom. The van der Waals surface area contributed by atoms with E-state index in [0.717, 1.165) is 0 Å². The molecule has 4 unspecified atom stereocenters. The van der Waals surface area contributed by atoms with Crippen LogP contribution in [-0.2, 0) is 28.4 Å². The van der Waals surface area contributed by atoms with E-state index in [1.807, 2.05) is 0 Å². The largest absolute Gasteiger partial charge is 0.451 e. The Balaban J connectivity index is 1.38. The number of anilines is 1. The van der Waals surface area contributed by atoms with Gasteiger partial charge < -0.3 is 33.7 Å². The maximum atomic E-state index is 13.5. The predicted molar refractivity (Wildman–Crippen MR) is 151 cm³/mol. The van der Waals surface area contributed by atoms with Crippen molar-refractivity contribution in [2.45, 2.75) is 76.0 Å². The fourth-order valence-electron chi connectivity index (χ4n) is 5.52. The van der Waals surface area contributed by atoms with Gasteiger partial charge in [0.25, 0.3) is 5.91 Å². The number of benzene rings is 2. The molecule has 0 spiro atoms.